The van der Waals surface area contributed by atoms with Gasteiger partial charge in [0.25, 0.3) is 0 Å². The average Bonchev–Trinajstić information content (AvgIpc) is 2.85. The van der Waals surface area contributed by atoms with Gasteiger partial charge in [0.05, 0.1) is 17.0 Å². The highest BCUT2D eigenvalue weighted by atomic mass is 32.2. The molecular weight excluding hydrogens is 342 g/mol. The second-order valence-corrected chi connectivity index (χ2v) is 8.02. The van der Waals surface area contributed by atoms with Gasteiger partial charge in [-0.15, -0.1) is 11.3 Å². The standard InChI is InChI=1S/C13H21N3O5S2/c1-9-12(22-8-15-9)4-7-23(20,21)16(10(2)13(18)19)6-5-14-11(3)17/h8,10H,4-7H2,1-3H3,(H,14,17)(H,18,19). The number of aryl methyl sites for hydroxylation is 2. The van der Waals surface area contributed by atoms with Crippen LogP contribution < -0.4 is 5.32 Å². The number of thiazole rings is 1. The van der Waals surface area contributed by atoms with E-state index in [9.17, 15) is 18.0 Å². The number of nitrogens with one attached hydrogen (secondary N) is 1. The van der Waals surface area contributed by atoms with Crippen molar-refractivity contribution in [3.8, 4) is 0 Å². The number of carbonyl (C=O) groups excluding carboxylic acids is 1. The summed E-state index contributed by atoms with van der Waals surface area (Å²) in [5, 5.41) is 11.6. The topological polar surface area (TPSA) is 117 Å². The van der Waals surface area contributed by atoms with Crippen LogP contribution in [0.3, 0.4) is 0 Å². The molecule has 0 fully saturated rings. The van der Waals surface area contributed by atoms with Crippen molar-refractivity contribution in [1.82, 2.24) is 14.6 Å². The van der Waals surface area contributed by atoms with E-state index in [2.05, 4.69) is 10.3 Å². The van der Waals surface area contributed by atoms with Gasteiger partial charge in [-0.1, -0.05) is 0 Å². The Labute approximate surface area is 139 Å². The summed E-state index contributed by atoms with van der Waals surface area (Å²) >= 11 is 1.37. The van der Waals surface area contributed by atoms with Gasteiger partial charge in [-0.25, -0.2) is 13.4 Å². The maximum atomic E-state index is 12.5. The van der Waals surface area contributed by atoms with Gasteiger partial charge in [-0.3, -0.25) is 9.59 Å². The van der Waals surface area contributed by atoms with Gasteiger partial charge in [-0.2, -0.15) is 4.31 Å². The fraction of sp³-hybridized carbons (Fsp3) is 0.615. The lowest BCUT2D eigenvalue weighted by atomic mass is 10.3. The largest absolute Gasteiger partial charge is 0.480 e. The lowest BCUT2D eigenvalue weighted by Gasteiger charge is -2.25. The van der Waals surface area contributed by atoms with Crippen molar-refractivity contribution in [2.45, 2.75) is 33.2 Å². The molecule has 0 aromatic carbocycles. The number of carbonyl (C=O) groups is 2. The molecule has 130 valence electrons. The zero-order chi connectivity index (χ0) is 17.6. The van der Waals surface area contributed by atoms with Crippen LogP contribution >= 0.6 is 11.3 Å². The first kappa shape index (κ1) is 19.5. The summed E-state index contributed by atoms with van der Waals surface area (Å²) in [6.45, 7) is 4.40. The Bertz CT molecular complexity index is 656. The predicted molar refractivity (Wildman–Crippen MR) is 86.8 cm³/mol. The molecule has 1 heterocycles. The maximum absolute atomic E-state index is 12.5. The van der Waals surface area contributed by atoms with E-state index in [-0.39, 0.29) is 31.2 Å². The van der Waals surface area contributed by atoms with E-state index >= 15 is 0 Å². The van der Waals surface area contributed by atoms with Crippen molar-refractivity contribution < 1.29 is 23.1 Å². The molecule has 0 saturated heterocycles. The Balaban J connectivity index is 2.82. The van der Waals surface area contributed by atoms with Gasteiger partial charge in [0.15, 0.2) is 0 Å². The maximum Gasteiger partial charge on any atom is 0.321 e. The third-order valence-corrected chi connectivity index (χ3v) is 6.21. The van der Waals surface area contributed by atoms with Crippen LogP contribution in [0.2, 0.25) is 0 Å². The molecule has 1 unspecified atom stereocenters. The Morgan fingerprint density at radius 1 is 1.48 bits per heavy atom. The summed E-state index contributed by atoms with van der Waals surface area (Å²) in [6.07, 6.45) is 0.280. The predicted octanol–water partition coefficient (Wildman–Crippen LogP) is 0.235. The highest BCUT2D eigenvalue weighted by molar-refractivity contribution is 7.89. The first-order valence-corrected chi connectivity index (χ1v) is 9.49. The first-order chi connectivity index (χ1) is 10.6. The normalized spacial score (nSPS) is 13.0. The van der Waals surface area contributed by atoms with Gasteiger partial charge >= 0.3 is 5.97 Å². The first-order valence-electron chi connectivity index (χ1n) is 7.01. The highest BCUT2D eigenvalue weighted by Crippen LogP contribution is 2.16. The van der Waals surface area contributed by atoms with Crippen LogP contribution in [0.5, 0.6) is 0 Å². The van der Waals surface area contributed by atoms with Crippen molar-refractivity contribution in [2.75, 3.05) is 18.8 Å². The van der Waals surface area contributed by atoms with E-state index < -0.39 is 22.0 Å². The fourth-order valence-electron chi connectivity index (χ4n) is 1.94. The zero-order valence-electron chi connectivity index (χ0n) is 13.3. The van der Waals surface area contributed by atoms with Gasteiger partial charge < -0.3 is 10.4 Å². The van der Waals surface area contributed by atoms with Gasteiger partial charge in [0, 0.05) is 24.9 Å². The number of carboxylic acids is 1. The Morgan fingerprint density at radius 3 is 2.61 bits per heavy atom. The number of aliphatic carboxylic acids is 1. The van der Waals surface area contributed by atoms with Crippen LogP contribution in [0.25, 0.3) is 0 Å². The molecule has 2 N–H and O–H groups in total. The minimum Gasteiger partial charge on any atom is -0.480 e. The summed E-state index contributed by atoms with van der Waals surface area (Å²) in [6, 6.07) is -1.20. The fourth-order valence-corrected chi connectivity index (χ4v) is 4.49. The number of carboxylic acid groups (broad SMARTS) is 1. The molecule has 0 aliphatic carbocycles. The lowest BCUT2D eigenvalue weighted by molar-refractivity contribution is -0.140. The number of sulfonamides is 1. The Kier molecular flexibility index (Phi) is 7.10. The number of rotatable bonds is 9. The van der Waals surface area contributed by atoms with E-state index in [0.717, 1.165) is 14.9 Å². The minimum absolute atomic E-state index is 0.0613. The summed E-state index contributed by atoms with van der Waals surface area (Å²) in [5.74, 6) is -1.73. The molecule has 1 amide bonds. The Hall–Kier alpha value is -1.52. The summed E-state index contributed by atoms with van der Waals surface area (Å²) in [7, 11) is -3.78. The highest BCUT2D eigenvalue weighted by Gasteiger charge is 2.31. The zero-order valence-corrected chi connectivity index (χ0v) is 14.9. The molecule has 0 radical (unpaired) electrons. The number of hydrogen-bond acceptors (Lipinski definition) is 6. The van der Waals surface area contributed by atoms with E-state index in [1.165, 1.54) is 25.2 Å². The Morgan fingerprint density at radius 2 is 2.13 bits per heavy atom. The molecule has 0 saturated carbocycles. The van der Waals surface area contributed by atoms with Crippen molar-refractivity contribution in [1.29, 1.82) is 0 Å². The number of hydrogen-bond donors (Lipinski definition) is 2. The van der Waals surface area contributed by atoms with Crippen molar-refractivity contribution in [3.05, 3.63) is 16.1 Å². The minimum atomic E-state index is -3.78. The quantitative estimate of drug-likeness (QED) is 0.649. The van der Waals surface area contributed by atoms with Crippen LogP contribution in [-0.2, 0) is 26.0 Å². The van der Waals surface area contributed by atoms with Gasteiger partial charge in [0.1, 0.15) is 6.04 Å². The number of nitrogens with zero attached hydrogens (tertiary/aromatic N) is 2. The molecule has 1 aromatic heterocycles. The van der Waals surface area contributed by atoms with Crippen LogP contribution in [0.15, 0.2) is 5.51 Å². The van der Waals surface area contributed by atoms with E-state index in [1.54, 1.807) is 12.4 Å². The molecule has 1 rings (SSSR count). The van der Waals surface area contributed by atoms with Crippen molar-refractivity contribution in [3.63, 3.8) is 0 Å². The summed E-state index contributed by atoms with van der Waals surface area (Å²) < 4.78 is 25.9. The average molecular weight is 363 g/mol. The lowest BCUT2D eigenvalue weighted by Crippen LogP contribution is -2.47. The molecular formula is C13H21N3O5S2. The number of amides is 1. The van der Waals surface area contributed by atoms with Crippen LogP contribution in [0, 0.1) is 6.92 Å². The smallest absolute Gasteiger partial charge is 0.321 e. The van der Waals surface area contributed by atoms with E-state index in [1.807, 2.05) is 0 Å². The van der Waals surface area contributed by atoms with Crippen LogP contribution in [-0.4, -0.2) is 59.6 Å². The number of aromatic nitrogens is 1. The van der Waals surface area contributed by atoms with E-state index in [4.69, 9.17) is 5.11 Å². The molecule has 0 aliphatic heterocycles. The molecule has 23 heavy (non-hydrogen) atoms. The monoisotopic (exact) mass is 363 g/mol. The SMILES string of the molecule is CC(=O)NCCN(C(C)C(=O)O)S(=O)(=O)CCc1scnc1C. The molecule has 0 aliphatic rings. The van der Waals surface area contributed by atoms with Crippen LogP contribution in [0.1, 0.15) is 24.4 Å². The van der Waals surface area contributed by atoms with E-state index in [0.29, 0.717) is 0 Å². The summed E-state index contributed by atoms with van der Waals surface area (Å²) in [4.78, 5) is 27.0. The molecule has 0 bridgehead atoms. The summed E-state index contributed by atoms with van der Waals surface area (Å²) in [5.41, 5.74) is 2.42. The second-order valence-electron chi connectivity index (χ2n) is 5.03. The van der Waals surface area contributed by atoms with Crippen molar-refractivity contribution >= 4 is 33.2 Å². The molecule has 1 aromatic rings. The van der Waals surface area contributed by atoms with Crippen LogP contribution in [0.4, 0.5) is 0 Å². The molecule has 1 atom stereocenters. The third kappa shape index (κ3) is 5.88. The van der Waals surface area contributed by atoms with Gasteiger partial charge in [0.2, 0.25) is 15.9 Å². The van der Waals surface area contributed by atoms with Crippen molar-refractivity contribution in [2.24, 2.45) is 0 Å². The molecule has 8 nitrogen and oxygen atoms in total. The molecule has 10 heteroatoms. The van der Waals surface area contributed by atoms with Gasteiger partial charge in [-0.05, 0) is 20.3 Å². The third-order valence-electron chi connectivity index (χ3n) is 3.28. The molecule has 0 spiro atoms. The second kappa shape index (κ2) is 8.37.